The van der Waals surface area contributed by atoms with Crippen LogP contribution in [-0.4, -0.2) is 18.2 Å². The van der Waals surface area contributed by atoms with Gasteiger partial charge in [0.1, 0.15) is 6.29 Å². The van der Waals surface area contributed by atoms with Crippen LogP contribution < -0.4 is 10.2 Å². The molecular weight excluding hydrogens is 164 g/mol. The van der Waals surface area contributed by atoms with Gasteiger partial charge in [-0.3, -0.25) is 0 Å². The minimum absolute atomic E-state index is 0.172. The largest absolute Gasteiger partial charge is 0.550 e. The molecule has 0 radical (unpaired) electrons. The van der Waals surface area contributed by atoms with Crippen molar-refractivity contribution in [1.29, 1.82) is 0 Å². The Morgan fingerprint density at radius 3 is 2.17 bits per heavy atom. The van der Waals surface area contributed by atoms with Gasteiger partial charge in [0, 0.05) is 5.97 Å². The van der Waals surface area contributed by atoms with E-state index in [1.165, 1.54) is 0 Å². The van der Waals surface area contributed by atoms with Gasteiger partial charge >= 0.3 is 0 Å². The maximum atomic E-state index is 10.3. The third-order valence-electron chi connectivity index (χ3n) is 1.57. The summed E-state index contributed by atoms with van der Waals surface area (Å²) in [5, 5.41) is 20.3. The van der Waals surface area contributed by atoms with Crippen LogP contribution in [0.2, 0.25) is 0 Å². The van der Waals surface area contributed by atoms with Crippen LogP contribution in [0, 0.1) is 5.41 Å². The van der Waals surface area contributed by atoms with Crippen molar-refractivity contribution in [1.82, 2.24) is 0 Å². The molecule has 68 valence electrons. The molecule has 0 aliphatic rings. The summed E-state index contributed by atoms with van der Waals surface area (Å²) < 4.78 is 0. The van der Waals surface area contributed by atoms with E-state index < -0.39 is 23.8 Å². The number of carbonyl (C=O) groups is 3. The Balaban J connectivity index is 4.25. The molecule has 0 rings (SSSR count). The summed E-state index contributed by atoms with van der Waals surface area (Å²) in [6, 6.07) is 0. The van der Waals surface area contributed by atoms with E-state index in [9.17, 15) is 24.6 Å². The van der Waals surface area contributed by atoms with Crippen LogP contribution in [0.5, 0.6) is 0 Å². The van der Waals surface area contributed by atoms with Crippen LogP contribution in [0.4, 0.5) is 0 Å². The number of aliphatic carboxylic acids is 2. The van der Waals surface area contributed by atoms with E-state index in [-0.39, 0.29) is 12.7 Å². The number of aldehydes is 1. The zero-order valence-electron chi connectivity index (χ0n) is 6.53. The lowest BCUT2D eigenvalue weighted by Crippen LogP contribution is -2.42. The Kier molecular flexibility index (Phi) is 3.40. The lowest BCUT2D eigenvalue weighted by Gasteiger charge is -2.23. The van der Waals surface area contributed by atoms with E-state index in [1.54, 1.807) is 0 Å². The highest BCUT2D eigenvalue weighted by Gasteiger charge is 2.24. The van der Waals surface area contributed by atoms with Crippen LogP contribution in [0.3, 0.4) is 0 Å². The quantitative estimate of drug-likeness (QED) is 0.336. The summed E-state index contributed by atoms with van der Waals surface area (Å²) >= 11 is 0. The molecular formula is C7H8O5-2. The fraction of sp³-hybridized carbons (Fsp3) is 0.571. The molecule has 1 atom stereocenters. The summed E-state index contributed by atoms with van der Waals surface area (Å²) in [5.74, 6) is -2.96. The second kappa shape index (κ2) is 3.85. The number of hydrogen-bond donors (Lipinski definition) is 0. The number of carboxylic acids is 2. The van der Waals surface area contributed by atoms with Crippen molar-refractivity contribution in [3.63, 3.8) is 0 Å². The smallest absolute Gasteiger partial charge is 0.131 e. The molecule has 5 nitrogen and oxygen atoms in total. The zero-order chi connectivity index (χ0) is 9.78. The highest BCUT2D eigenvalue weighted by Crippen LogP contribution is 2.18. The third kappa shape index (κ3) is 2.69. The fourth-order valence-corrected chi connectivity index (χ4v) is 0.571. The first-order chi connectivity index (χ1) is 5.42. The van der Waals surface area contributed by atoms with E-state index in [0.29, 0.717) is 0 Å². The van der Waals surface area contributed by atoms with E-state index in [1.807, 2.05) is 0 Å². The maximum absolute atomic E-state index is 10.3. The van der Waals surface area contributed by atoms with Crippen LogP contribution in [-0.2, 0) is 14.4 Å². The molecule has 1 unspecified atom stereocenters. The van der Waals surface area contributed by atoms with Crippen LogP contribution in [0.25, 0.3) is 0 Å². The molecule has 0 fully saturated rings. The number of carboxylic acid groups (broad SMARTS) is 2. The van der Waals surface area contributed by atoms with E-state index in [4.69, 9.17) is 0 Å². The molecule has 0 aromatic heterocycles. The first kappa shape index (κ1) is 10.6. The Hall–Kier alpha value is -1.39. The first-order valence-corrected chi connectivity index (χ1v) is 3.30. The fourth-order valence-electron chi connectivity index (χ4n) is 0.571. The molecule has 5 heteroatoms. The second-order valence-corrected chi connectivity index (χ2v) is 2.69. The topological polar surface area (TPSA) is 97.3 Å². The van der Waals surface area contributed by atoms with Gasteiger partial charge in [0.25, 0.3) is 0 Å². The Morgan fingerprint density at radius 2 is 1.92 bits per heavy atom. The molecule has 0 aliphatic heterocycles. The van der Waals surface area contributed by atoms with Crippen molar-refractivity contribution < 1.29 is 24.6 Å². The summed E-state index contributed by atoms with van der Waals surface area (Å²) in [7, 11) is 0. The molecule has 0 saturated carbocycles. The molecule has 0 amide bonds. The lowest BCUT2D eigenvalue weighted by atomic mass is 9.87. The van der Waals surface area contributed by atoms with Gasteiger partial charge in [-0.05, 0) is 19.8 Å². The number of hydrogen-bond acceptors (Lipinski definition) is 5. The zero-order valence-corrected chi connectivity index (χ0v) is 6.53. The average Bonchev–Trinajstić information content (AvgIpc) is 1.99. The van der Waals surface area contributed by atoms with Crippen LogP contribution in [0.15, 0.2) is 0 Å². The molecule has 0 bridgehead atoms. The number of rotatable bonds is 5. The molecule has 0 aromatic rings. The van der Waals surface area contributed by atoms with Crippen molar-refractivity contribution in [2.45, 2.75) is 19.8 Å². The van der Waals surface area contributed by atoms with Crippen LogP contribution in [0.1, 0.15) is 19.8 Å². The summed E-state index contributed by atoms with van der Waals surface area (Å²) in [5.41, 5.74) is -1.72. The third-order valence-corrected chi connectivity index (χ3v) is 1.57. The SMILES string of the molecule is CC(C=O)(CCC(=O)[O-])C(=O)[O-]. The lowest BCUT2D eigenvalue weighted by molar-refractivity contribution is -0.316. The van der Waals surface area contributed by atoms with Gasteiger partial charge in [0.2, 0.25) is 0 Å². The standard InChI is InChI=1S/C7H10O5/c1-7(4-8,6(11)12)3-2-5(9)10/h4H,2-3H2,1H3,(H,9,10)(H,11,12)/p-2. The van der Waals surface area contributed by atoms with Gasteiger partial charge in [0.05, 0.1) is 11.4 Å². The van der Waals surface area contributed by atoms with Crippen molar-refractivity contribution >= 4 is 18.2 Å². The molecule has 12 heavy (non-hydrogen) atoms. The highest BCUT2D eigenvalue weighted by atomic mass is 16.4. The van der Waals surface area contributed by atoms with Crippen molar-refractivity contribution in [2.24, 2.45) is 5.41 Å². The summed E-state index contributed by atoms with van der Waals surface area (Å²) in [6.45, 7) is 1.11. The Labute approximate surface area is 69.0 Å². The van der Waals surface area contributed by atoms with Crippen LogP contribution >= 0.6 is 0 Å². The monoisotopic (exact) mass is 172 g/mol. The van der Waals surface area contributed by atoms with Crippen molar-refractivity contribution in [3.05, 3.63) is 0 Å². The van der Waals surface area contributed by atoms with Crippen molar-refractivity contribution in [2.75, 3.05) is 0 Å². The van der Waals surface area contributed by atoms with E-state index in [2.05, 4.69) is 0 Å². The first-order valence-electron chi connectivity index (χ1n) is 3.30. The second-order valence-electron chi connectivity index (χ2n) is 2.69. The van der Waals surface area contributed by atoms with Gasteiger partial charge < -0.3 is 24.6 Å². The van der Waals surface area contributed by atoms with Gasteiger partial charge in [0.15, 0.2) is 0 Å². The Morgan fingerprint density at radius 1 is 1.42 bits per heavy atom. The van der Waals surface area contributed by atoms with Crippen molar-refractivity contribution in [3.8, 4) is 0 Å². The molecule has 0 N–H and O–H groups in total. The van der Waals surface area contributed by atoms with Gasteiger partial charge in [-0.1, -0.05) is 0 Å². The predicted molar refractivity (Wildman–Crippen MR) is 33.4 cm³/mol. The predicted octanol–water partition coefficient (Wildman–Crippen LogP) is -2.53. The average molecular weight is 172 g/mol. The Bertz CT molecular complexity index is 210. The summed E-state index contributed by atoms with van der Waals surface area (Å²) in [4.78, 5) is 30.5. The molecule has 0 aliphatic carbocycles. The molecule has 0 heterocycles. The number of carbonyl (C=O) groups excluding carboxylic acids is 3. The summed E-state index contributed by atoms with van der Waals surface area (Å²) in [6.07, 6.45) is -0.602. The minimum atomic E-state index is -1.72. The highest BCUT2D eigenvalue weighted by molar-refractivity contribution is 5.90. The maximum Gasteiger partial charge on any atom is 0.131 e. The van der Waals surface area contributed by atoms with E-state index in [0.717, 1.165) is 6.92 Å². The van der Waals surface area contributed by atoms with Gasteiger partial charge in [-0.15, -0.1) is 0 Å². The molecule has 0 spiro atoms. The molecule has 0 aromatic carbocycles. The van der Waals surface area contributed by atoms with Gasteiger partial charge in [-0.2, -0.15) is 0 Å². The minimum Gasteiger partial charge on any atom is -0.550 e. The molecule has 0 saturated heterocycles. The normalized spacial score (nSPS) is 14.8. The van der Waals surface area contributed by atoms with E-state index >= 15 is 0 Å². The van der Waals surface area contributed by atoms with Gasteiger partial charge in [-0.25, -0.2) is 0 Å².